The summed E-state index contributed by atoms with van der Waals surface area (Å²) in [4.78, 5) is 31.7. The minimum atomic E-state index is -0.968. The molecule has 30 heavy (non-hydrogen) atoms. The Morgan fingerprint density at radius 2 is 1.93 bits per heavy atom. The predicted molar refractivity (Wildman–Crippen MR) is 109 cm³/mol. The van der Waals surface area contributed by atoms with Gasteiger partial charge in [-0.25, -0.2) is 9.37 Å². The van der Waals surface area contributed by atoms with E-state index in [0.717, 1.165) is 5.39 Å². The van der Waals surface area contributed by atoms with Gasteiger partial charge in [0, 0.05) is 17.0 Å². The lowest BCUT2D eigenvalue weighted by atomic mass is 9.95. The van der Waals surface area contributed by atoms with E-state index in [9.17, 15) is 19.1 Å². The molecular formula is C22H13FN2O4S. The van der Waals surface area contributed by atoms with Crippen LogP contribution in [-0.4, -0.2) is 21.8 Å². The van der Waals surface area contributed by atoms with Gasteiger partial charge in [0.05, 0.1) is 11.6 Å². The van der Waals surface area contributed by atoms with Crippen LogP contribution in [0.4, 0.5) is 9.52 Å². The first-order valence-corrected chi connectivity index (χ1v) is 9.87. The second-order valence-electron chi connectivity index (χ2n) is 6.68. The number of aromatic nitrogens is 1. The Hall–Kier alpha value is -3.78. The number of fused-ring (bicyclic) bond motifs is 1. The Morgan fingerprint density at radius 1 is 1.17 bits per heavy atom. The first-order valence-electron chi connectivity index (χ1n) is 8.99. The standard InChI is InChI=1S/C22H13FN2O4S/c23-14-7-5-12(6-8-14)18-17(20(27)21(28)25(18)22-24-9-10-30-22)19(26)16-11-13-3-1-2-4-15(13)29-16/h1-11,18,27H/t18-/m1/s1. The number of anilines is 1. The Morgan fingerprint density at radius 3 is 2.63 bits per heavy atom. The van der Waals surface area contributed by atoms with Gasteiger partial charge in [-0.3, -0.25) is 14.5 Å². The highest BCUT2D eigenvalue weighted by atomic mass is 32.1. The SMILES string of the molecule is O=C(C1=C(O)C(=O)N(c2nccs2)[C@@H]1c1ccc(F)cc1)c1cc2ccccc2o1. The molecule has 1 aliphatic rings. The molecule has 5 rings (SSSR count). The number of nitrogens with zero attached hydrogens (tertiary/aromatic N) is 2. The lowest BCUT2D eigenvalue weighted by Gasteiger charge is -2.24. The Kier molecular flexibility index (Phi) is 4.22. The topological polar surface area (TPSA) is 83.6 Å². The minimum absolute atomic E-state index is 0.00125. The molecule has 1 atom stereocenters. The van der Waals surface area contributed by atoms with Crippen molar-refractivity contribution in [3.05, 3.63) is 94.6 Å². The van der Waals surface area contributed by atoms with Gasteiger partial charge in [-0.15, -0.1) is 11.3 Å². The molecular weight excluding hydrogens is 407 g/mol. The van der Waals surface area contributed by atoms with E-state index in [0.29, 0.717) is 16.3 Å². The maximum absolute atomic E-state index is 13.5. The molecule has 1 amide bonds. The van der Waals surface area contributed by atoms with E-state index in [4.69, 9.17) is 4.42 Å². The molecule has 0 saturated carbocycles. The summed E-state index contributed by atoms with van der Waals surface area (Å²) < 4.78 is 19.2. The van der Waals surface area contributed by atoms with Crippen molar-refractivity contribution in [2.24, 2.45) is 0 Å². The van der Waals surface area contributed by atoms with E-state index in [1.807, 2.05) is 6.07 Å². The summed E-state index contributed by atoms with van der Waals surface area (Å²) in [5.41, 5.74) is 0.838. The summed E-state index contributed by atoms with van der Waals surface area (Å²) in [6.07, 6.45) is 1.52. The fourth-order valence-electron chi connectivity index (χ4n) is 3.56. The van der Waals surface area contributed by atoms with Crippen molar-refractivity contribution in [1.82, 2.24) is 4.98 Å². The maximum Gasteiger partial charge on any atom is 0.296 e. The molecule has 6 nitrogen and oxygen atoms in total. The second-order valence-corrected chi connectivity index (χ2v) is 7.56. The van der Waals surface area contributed by atoms with E-state index in [1.165, 1.54) is 46.7 Å². The number of rotatable bonds is 4. The van der Waals surface area contributed by atoms with Gasteiger partial charge in [0.15, 0.2) is 16.7 Å². The molecule has 3 heterocycles. The minimum Gasteiger partial charge on any atom is -0.503 e. The number of aliphatic hydroxyl groups excluding tert-OH is 1. The second kappa shape index (κ2) is 6.93. The molecule has 0 fully saturated rings. The van der Waals surface area contributed by atoms with Crippen LogP contribution in [0.25, 0.3) is 11.0 Å². The molecule has 0 aliphatic carbocycles. The lowest BCUT2D eigenvalue weighted by molar-refractivity contribution is -0.117. The molecule has 8 heteroatoms. The quantitative estimate of drug-likeness (QED) is 0.479. The van der Waals surface area contributed by atoms with Gasteiger partial charge in [-0.1, -0.05) is 30.3 Å². The van der Waals surface area contributed by atoms with Crippen LogP contribution in [0.2, 0.25) is 0 Å². The summed E-state index contributed by atoms with van der Waals surface area (Å²) in [7, 11) is 0. The summed E-state index contributed by atoms with van der Waals surface area (Å²) in [5, 5.41) is 13.4. The monoisotopic (exact) mass is 420 g/mol. The summed E-state index contributed by atoms with van der Waals surface area (Å²) in [5.74, 6) is -2.50. The molecule has 1 N–H and O–H groups in total. The number of hydrogen-bond acceptors (Lipinski definition) is 6. The van der Waals surface area contributed by atoms with E-state index in [2.05, 4.69) is 4.98 Å². The molecule has 148 valence electrons. The number of thiazole rings is 1. The first-order chi connectivity index (χ1) is 14.5. The van der Waals surface area contributed by atoms with Gasteiger partial charge >= 0.3 is 0 Å². The summed E-state index contributed by atoms with van der Waals surface area (Å²) >= 11 is 1.19. The Balaban J connectivity index is 1.66. The molecule has 4 aromatic rings. The van der Waals surface area contributed by atoms with Crippen LogP contribution in [0, 0.1) is 5.82 Å². The van der Waals surface area contributed by atoms with E-state index in [-0.39, 0.29) is 11.3 Å². The van der Waals surface area contributed by atoms with Gasteiger partial charge < -0.3 is 9.52 Å². The number of benzene rings is 2. The lowest BCUT2D eigenvalue weighted by Crippen LogP contribution is -2.30. The molecule has 1 aliphatic heterocycles. The summed E-state index contributed by atoms with van der Waals surface area (Å²) in [6.45, 7) is 0. The van der Waals surface area contributed by atoms with Crippen LogP contribution in [0.1, 0.15) is 22.2 Å². The molecule has 2 aromatic heterocycles. The first kappa shape index (κ1) is 18.3. The van der Waals surface area contributed by atoms with Crippen LogP contribution in [0.5, 0.6) is 0 Å². The number of ketones is 1. The van der Waals surface area contributed by atoms with Gasteiger partial charge in [-0.05, 0) is 29.8 Å². The van der Waals surface area contributed by atoms with Crippen LogP contribution in [0.15, 0.2) is 81.9 Å². The largest absolute Gasteiger partial charge is 0.503 e. The number of carbonyl (C=O) groups is 2. The average Bonchev–Trinajstić information content (AvgIpc) is 3.47. The maximum atomic E-state index is 13.5. The zero-order valence-corrected chi connectivity index (χ0v) is 16.1. The van der Waals surface area contributed by atoms with E-state index >= 15 is 0 Å². The van der Waals surface area contributed by atoms with Crippen LogP contribution in [-0.2, 0) is 4.79 Å². The molecule has 2 aromatic carbocycles. The van der Waals surface area contributed by atoms with Crippen LogP contribution >= 0.6 is 11.3 Å². The number of hydrogen-bond donors (Lipinski definition) is 1. The van der Waals surface area contributed by atoms with Crippen LogP contribution in [0.3, 0.4) is 0 Å². The number of aliphatic hydroxyl groups is 1. The zero-order valence-electron chi connectivity index (χ0n) is 15.3. The highest BCUT2D eigenvalue weighted by Crippen LogP contribution is 2.42. The van der Waals surface area contributed by atoms with Gasteiger partial charge in [0.25, 0.3) is 5.91 Å². The number of Topliss-reactive ketones (excluding diaryl/α,β-unsaturated/α-hetero) is 1. The fourth-order valence-corrected chi connectivity index (χ4v) is 4.22. The predicted octanol–water partition coefficient (Wildman–Crippen LogP) is 4.81. The Labute approximate surface area is 173 Å². The van der Waals surface area contributed by atoms with E-state index < -0.39 is 29.3 Å². The molecule has 0 unspecified atom stereocenters. The van der Waals surface area contributed by atoms with Crippen LogP contribution < -0.4 is 4.90 Å². The number of halogens is 1. The third kappa shape index (κ3) is 2.81. The van der Waals surface area contributed by atoms with Crippen molar-refractivity contribution >= 4 is 39.1 Å². The van der Waals surface area contributed by atoms with Gasteiger partial charge in [0.1, 0.15) is 11.4 Å². The smallest absolute Gasteiger partial charge is 0.296 e. The molecule has 0 bridgehead atoms. The van der Waals surface area contributed by atoms with Crippen molar-refractivity contribution in [1.29, 1.82) is 0 Å². The summed E-state index contributed by atoms with van der Waals surface area (Å²) in [6, 6.07) is 13.1. The van der Waals surface area contributed by atoms with E-state index in [1.54, 1.807) is 29.6 Å². The number of amides is 1. The normalized spacial score (nSPS) is 16.6. The highest BCUT2D eigenvalue weighted by Gasteiger charge is 2.46. The number of para-hydroxylation sites is 1. The molecule has 0 spiro atoms. The molecule has 0 saturated heterocycles. The van der Waals surface area contributed by atoms with Gasteiger partial charge in [0.2, 0.25) is 5.78 Å². The van der Waals surface area contributed by atoms with Crippen molar-refractivity contribution in [2.75, 3.05) is 4.90 Å². The third-order valence-corrected chi connectivity index (χ3v) is 5.68. The third-order valence-electron chi connectivity index (χ3n) is 4.91. The highest BCUT2D eigenvalue weighted by molar-refractivity contribution is 7.13. The van der Waals surface area contributed by atoms with Crippen molar-refractivity contribution < 1.29 is 23.5 Å². The van der Waals surface area contributed by atoms with Crippen molar-refractivity contribution in [3.8, 4) is 0 Å². The Bertz CT molecular complexity index is 1280. The van der Waals surface area contributed by atoms with Crippen molar-refractivity contribution in [3.63, 3.8) is 0 Å². The van der Waals surface area contributed by atoms with Crippen molar-refractivity contribution in [2.45, 2.75) is 6.04 Å². The zero-order chi connectivity index (χ0) is 20.8. The number of furan rings is 1. The number of carbonyl (C=O) groups excluding carboxylic acids is 2. The fraction of sp³-hybridized carbons (Fsp3) is 0.0455. The average molecular weight is 420 g/mol. The molecule has 0 radical (unpaired) electrons. The van der Waals surface area contributed by atoms with Gasteiger partial charge in [-0.2, -0.15) is 0 Å².